The predicted octanol–water partition coefficient (Wildman–Crippen LogP) is 3.38. The molecular weight excluding hydrogens is 302 g/mol. The third-order valence-corrected chi connectivity index (χ3v) is 5.06. The minimum atomic E-state index is -0.104. The lowest BCUT2D eigenvalue weighted by Gasteiger charge is -2.42. The molecule has 1 aliphatic rings. The van der Waals surface area contributed by atoms with Crippen molar-refractivity contribution in [3.05, 3.63) is 59.4 Å². The van der Waals surface area contributed by atoms with Crippen LogP contribution in [0, 0.1) is 6.92 Å². The first-order valence-corrected chi connectivity index (χ1v) is 8.24. The normalized spacial score (nSPS) is 15.9. The second-order valence-electron chi connectivity index (χ2n) is 6.53. The van der Waals surface area contributed by atoms with E-state index >= 15 is 0 Å². The number of carbonyl (C=O) groups is 1. The number of pyridine rings is 1. The van der Waals surface area contributed by atoms with Crippen LogP contribution in [0.5, 0.6) is 0 Å². The Morgan fingerprint density at radius 3 is 2.79 bits per heavy atom. The first-order chi connectivity index (χ1) is 11.7. The van der Waals surface area contributed by atoms with Crippen molar-refractivity contribution in [1.29, 1.82) is 0 Å². The van der Waals surface area contributed by atoms with Crippen LogP contribution in [0.25, 0.3) is 11.1 Å². The van der Waals surface area contributed by atoms with E-state index < -0.39 is 0 Å². The molecule has 5 nitrogen and oxygen atoms in total. The summed E-state index contributed by atoms with van der Waals surface area (Å²) in [6.07, 6.45) is 4.97. The van der Waals surface area contributed by atoms with E-state index in [-0.39, 0.29) is 11.3 Å². The van der Waals surface area contributed by atoms with Crippen molar-refractivity contribution in [2.45, 2.75) is 31.6 Å². The molecule has 2 heterocycles. The molecule has 5 heteroatoms. The first-order valence-electron chi connectivity index (χ1n) is 8.24. The molecule has 0 bridgehead atoms. The summed E-state index contributed by atoms with van der Waals surface area (Å²) in [6, 6.07) is 12.2. The molecule has 0 atom stereocenters. The molecule has 3 aromatic rings. The molecule has 1 N–H and O–H groups in total. The zero-order chi connectivity index (χ0) is 16.6. The van der Waals surface area contributed by atoms with Crippen LogP contribution in [0.1, 0.15) is 40.9 Å². The van der Waals surface area contributed by atoms with Gasteiger partial charge in [-0.1, -0.05) is 41.9 Å². The van der Waals surface area contributed by atoms with Crippen LogP contribution in [0.3, 0.4) is 0 Å². The molecule has 24 heavy (non-hydrogen) atoms. The molecule has 122 valence electrons. The molecule has 2 aromatic heterocycles. The number of aryl methyl sites for hydroxylation is 1. The van der Waals surface area contributed by atoms with Crippen LogP contribution >= 0.6 is 0 Å². The van der Waals surface area contributed by atoms with Crippen LogP contribution < -0.4 is 5.32 Å². The Kier molecular flexibility index (Phi) is 3.56. The first kappa shape index (κ1) is 14.9. The van der Waals surface area contributed by atoms with Crippen LogP contribution in [-0.4, -0.2) is 22.6 Å². The summed E-state index contributed by atoms with van der Waals surface area (Å²) in [6.45, 7) is 2.49. The Bertz CT molecular complexity index is 882. The summed E-state index contributed by atoms with van der Waals surface area (Å²) in [5, 5.41) is 7.74. The van der Waals surface area contributed by atoms with Crippen molar-refractivity contribution in [2.75, 3.05) is 6.54 Å². The molecular formula is C19H19N3O2. The van der Waals surface area contributed by atoms with E-state index in [9.17, 15) is 4.79 Å². The van der Waals surface area contributed by atoms with E-state index in [1.165, 1.54) is 18.2 Å². The Labute approximate surface area is 140 Å². The van der Waals surface area contributed by atoms with Crippen LogP contribution in [0.4, 0.5) is 0 Å². The summed E-state index contributed by atoms with van der Waals surface area (Å²) in [5.41, 5.74) is 3.12. The monoisotopic (exact) mass is 321 g/mol. The molecule has 1 aromatic carbocycles. The summed E-state index contributed by atoms with van der Waals surface area (Å²) >= 11 is 0. The van der Waals surface area contributed by atoms with Gasteiger partial charge in [0.2, 0.25) is 0 Å². The maximum Gasteiger partial charge on any atom is 0.257 e. The van der Waals surface area contributed by atoms with Gasteiger partial charge in [0.25, 0.3) is 11.6 Å². The Morgan fingerprint density at radius 1 is 1.29 bits per heavy atom. The van der Waals surface area contributed by atoms with Gasteiger partial charge in [-0.05, 0) is 31.4 Å². The van der Waals surface area contributed by atoms with Gasteiger partial charge < -0.3 is 9.84 Å². The SMILES string of the molecule is Cc1noc2ncc(C(=O)NCC3(c4ccccc4)CCC3)cc12. The van der Waals surface area contributed by atoms with Gasteiger partial charge in [0.05, 0.1) is 16.6 Å². The van der Waals surface area contributed by atoms with Crippen molar-refractivity contribution in [2.24, 2.45) is 0 Å². The zero-order valence-electron chi connectivity index (χ0n) is 13.6. The van der Waals surface area contributed by atoms with Crippen LogP contribution in [0.2, 0.25) is 0 Å². The van der Waals surface area contributed by atoms with Crippen molar-refractivity contribution in [1.82, 2.24) is 15.5 Å². The minimum absolute atomic E-state index is 0.0710. The van der Waals surface area contributed by atoms with Crippen molar-refractivity contribution < 1.29 is 9.32 Å². The van der Waals surface area contributed by atoms with Gasteiger partial charge in [0.1, 0.15) is 0 Å². The fourth-order valence-corrected chi connectivity index (χ4v) is 3.38. The third kappa shape index (κ3) is 2.46. The molecule has 0 unspecified atom stereocenters. The quantitative estimate of drug-likeness (QED) is 0.800. The van der Waals surface area contributed by atoms with Crippen LogP contribution in [-0.2, 0) is 5.41 Å². The zero-order valence-corrected chi connectivity index (χ0v) is 13.6. The van der Waals surface area contributed by atoms with Crippen molar-refractivity contribution in [3.63, 3.8) is 0 Å². The second-order valence-corrected chi connectivity index (χ2v) is 6.53. The molecule has 0 aliphatic heterocycles. The van der Waals surface area contributed by atoms with E-state index in [0.717, 1.165) is 23.9 Å². The van der Waals surface area contributed by atoms with Gasteiger partial charge in [0, 0.05) is 18.2 Å². The van der Waals surface area contributed by atoms with E-state index in [4.69, 9.17) is 4.52 Å². The molecule has 0 spiro atoms. The number of fused-ring (bicyclic) bond motifs is 1. The number of nitrogens with one attached hydrogen (secondary N) is 1. The molecule has 1 fully saturated rings. The van der Waals surface area contributed by atoms with E-state index in [1.807, 2.05) is 13.0 Å². The van der Waals surface area contributed by atoms with Gasteiger partial charge in [-0.3, -0.25) is 4.79 Å². The highest BCUT2D eigenvalue weighted by Crippen LogP contribution is 2.43. The number of nitrogens with zero attached hydrogens (tertiary/aromatic N) is 2. The number of hydrogen-bond donors (Lipinski definition) is 1. The Balaban J connectivity index is 1.52. The fourth-order valence-electron chi connectivity index (χ4n) is 3.38. The molecule has 0 radical (unpaired) electrons. The van der Waals surface area contributed by atoms with Gasteiger partial charge in [-0.2, -0.15) is 0 Å². The van der Waals surface area contributed by atoms with Crippen molar-refractivity contribution in [3.8, 4) is 0 Å². The molecule has 1 aliphatic carbocycles. The van der Waals surface area contributed by atoms with E-state index in [1.54, 1.807) is 6.07 Å². The average Bonchev–Trinajstić information content (AvgIpc) is 2.95. The molecule has 1 amide bonds. The number of aromatic nitrogens is 2. The second kappa shape index (κ2) is 5.74. The summed E-state index contributed by atoms with van der Waals surface area (Å²) in [7, 11) is 0. The third-order valence-electron chi connectivity index (χ3n) is 5.06. The maximum atomic E-state index is 12.5. The molecule has 1 saturated carbocycles. The highest BCUT2D eigenvalue weighted by molar-refractivity contribution is 5.97. The fraction of sp³-hybridized carbons (Fsp3) is 0.316. The molecule has 0 saturated heterocycles. The van der Waals surface area contributed by atoms with Crippen molar-refractivity contribution >= 4 is 17.0 Å². The van der Waals surface area contributed by atoms with Gasteiger partial charge in [-0.15, -0.1) is 0 Å². The Hall–Kier alpha value is -2.69. The highest BCUT2D eigenvalue weighted by Gasteiger charge is 2.38. The van der Waals surface area contributed by atoms with Gasteiger partial charge in [-0.25, -0.2) is 4.98 Å². The van der Waals surface area contributed by atoms with E-state index in [2.05, 4.69) is 39.7 Å². The summed E-state index contributed by atoms with van der Waals surface area (Å²) in [5.74, 6) is -0.104. The maximum absolute atomic E-state index is 12.5. The predicted molar refractivity (Wildman–Crippen MR) is 90.8 cm³/mol. The number of benzene rings is 1. The minimum Gasteiger partial charge on any atom is -0.351 e. The summed E-state index contributed by atoms with van der Waals surface area (Å²) in [4.78, 5) is 16.7. The molecule has 4 rings (SSSR count). The number of amides is 1. The largest absolute Gasteiger partial charge is 0.351 e. The van der Waals surface area contributed by atoms with Gasteiger partial charge >= 0.3 is 0 Å². The standard InChI is InChI=1S/C19H19N3O2/c1-13-16-10-14(11-20-18(16)24-22-13)17(23)21-12-19(8-5-9-19)15-6-3-2-4-7-15/h2-4,6-7,10-11H,5,8-9,12H2,1H3,(H,21,23). The lowest BCUT2D eigenvalue weighted by Crippen LogP contribution is -2.45. The van der Waals surface area contributed by atoms with Crippen LogP contribution in [0.15, 0.2) is 47.1 Å². The number of hydrogen-bond acceptors (Lipinski definition) is 4. The average molecular weight is 321 g/mol. The highest BCUT2D eigenvalue weighted by atomic mass is 16.5. The van der Waals surface area contributed by atoms with E-state index in [0.29, 0.717) is 17.8 Å². The lowest BCUT2D eigenvalue weighted by atomic mass is 9.64. The summed E-state index contributed by atoms with van der Waals surface area (Å²) < 4.78 is 5.09. The topological polar surface area (TPSA) is 68.0 Å². The lowest BCUT2D eigenvalue weighted by molar-refractivity contribution is 0.0927. The smallest absolute Gasteiger partial charge is 0.257 e. The number of carbonyl (C=O) groups excluding carboxylic acids is 1. The van der Waals surface area contributed by atoms with Gasteiger partial charge in [0.15, 0.2) is 0 Å². The Morgan fingerprint density at radius 2 is 2.08 bits per heavy atom. The number of rotatable bonds is 4.